The van der Waals surface area contributed by atoms with Crippen LogP contribution >= 0.6 is 27.5 Å². The van der Waals surface area contributed by atoms with Gasteiger partial charge in [0.05, 0.1) is 6.10 Å². The summed E-state index contributed by atoms with van der Waals surface area (Å²) in [5.74, 6) is 0. The van der Waals surface area contributed by atoms with E-state index >= 15 is 0 Å². The van der Waals surface area contributed by atoms with Crippen LogP contribution in [0.15, 0.2) is 18.2 Å². The SMILES string of the molecule is O=Cc1ccc(Cl)c(C(O)C(O)CCBr)c1. The first kappa shape index (κ1) is 13.6. The fourth-order valence-electron chi connectivity index (χ4n) is 1.34. The van der Waals surface area contributed by atoms with E-state index < -0.39 is 12.2 Å². The lowest BCUT2D eigenvalue weighted by molar-refractivity contribution is 0.0174. The number of aliphatic hydroxyl groups is 2. The number of hydrogen-bond acceptors (Lipinski definition) is 3. The van der Waals surface area contributed by atoms with Gasteiger partial charge in [0.15, 0.2) is 0 Å². The summed E-state index contributed by atoms with van der Waals surface area (Å²) in [6.07, 6.45) is -0.907. The van der Waals surface area contributed by atoms with Gasteiger partial charge < -0.3 is 10.2 Å². The molecule has 0 spiro atoms. The van der Waals surface area contributed by atoms with Crippen molar-refractivity contribution in [3.8, 4) is 0 Å². The molecule has 0 heterocycles. The van der Waals surface area contributed by atoms with Gasteiger partial charge in [-0.2, -0.15) is 0 Å². The summed E-state index contributed by atoms with van der Waals surface area (Å²) in [5, 5.41) is 20.4. The van der Waals surface area contributed by atoms with Crippen LogP contribution < -0.4 is 0 Å². The molecule has 0 bridgehead atoms. The minimum atomic E-state index is -1.08. The fraction of sp³-hybridized carbons (Fsp3) is 0.364. The molecule has 3 nitrogen and oxygen atoms in total. The number of benzene rings is 1. The number of alkyl halides is 1. The molecule has 16 heavy (non-hydrogen) atoms. The van der Waals surface area contributed by atoms with E-state index in [0.717, 1.165) is 0 Å². The molecule has 0 aliphatic heterocycles. The first-order valence-corrected chi connectivity index (χ1v) is 6.26. The van der Waals surface area contributed by atoms with Crippen LogP contribution in [0.3, 0.4) is 0 Å². The second kappa shape index (κ2) is 6.35. The zero-order valence-electron chi connectivity index (χ0n) is 8.44. The lowest BCUT2D eigenvalue weighted by atomic mass is 10.0. The lowest BCUT2D eigenvalue weighted by Crippen LogP contribution is -2.19. The smallest absolute Gasteiger partial charge is 0.150 e. The third-order valence-electron chi connectivity index (χ3n) is 2.24. The molecule has 2 atom stereocenters. The molecular formula is C11H12BrClO3. The normalized spacial score (nSPS) is 14.5. The summed E-state index contributed by atoms with van der Waals surface area (Å²) in [7, 11) is 0. The largest absolute Gasteiger partial charge is 0.390 e. The number of aliphatic hydroxyl groups excluding tert-OH is 2. The van der Waals surface area contributed by atoms with E-state index in [0.29, 0.717) is 34.2 Å². The van der Waals surface area contributed by atoms with Gasteiger partial charge in [0.2, 0.25) is 0 Å². The molecule has 0 fully saturated rings. The second-order valence-corrected chi connectivity index (χ2v) is 4.59. The summed E-state index contributed by atoms with van der Waals surface area (Å²) >= 11 is 9.07. The van der Waals surface area contributed by atoms with Crippen molar-refractivity contribution in [1.29, 1.82) is 0 Å². The van der Waals surface area contributed by atoms with Gasteiger partial charge in [-0.3, -0.25) is 4.79 Å². The highest BCUT2D eigenvalue weighted by atomic mass is 79.9. The quantitative estimate of drug-likeness (QED) is 0.648. The number of rotatable bonds is 5. The Hall–Kier alpha value is -0.420. The van der Waals surface area contributed by atoms with E-state index in [4.69, 9.17) is 11.6 Å². The minimum absolute atomic E-state index is 0.340. The Morgan fingerprint density at radius 1 is 1.44 bits per heavy atom. The molecule has 2 N–H and O–H groups in total. The number of aldehydes is 1. The van der Waals surface area contributed by atoms with Crippen LogP contribution in [0.5, 0.6) is 0 Å². The van der Waals surface area contributed by atoms with E-state index in [1.807, 2.05) is 0 Å². The summed E-state index contributed by atoms with van der Waals surface area (Å²) in [6, 6.07) is 4.57. The molecule has 0 saturated heterocycles. The molecule has 0 radical (unpaired) electrons. The van der Waals surface area contributed by atoms with Gasteiger partial charge in [-0.1, -0.05) is 33.6 Å². The highest BCUT2D eigenvalue weighted by molar-refractivity contribution is 9.09. The van der Waals surface area contributed by atoms with Crippen LogP contribution in [0.2, 0.25) is 5.02 Å². The van der Waals surface area contributed by atoms with Crippen LogP contribution in [0.4, 0.5) is 0 Å². The molecule has 0 amide bonds. The van der Waals surface area contributed by atoms with Crippen molar-refractivity contribution in [1.82, 2.24) is 0 Å². The Kier molecular flexibility index (Phi) is 5.41. The third kappa shape index (κ3) is 3.28. The summed E-state index contributed by atoms with van der Waals surface area (Å²) in [4.78, 5) is 10.6. The zero-order valence-corrected chi connectivity index (χ0v) is 10.8. The molecule has 0 saturated carbocycles. The molecule has 1 aromatic carbocycles. The molecule has 0 aliphatic rings. The number of halogens is 2. The van der Waals surface area contributed by atoms with Crippen molar-refractivity contribution in [3.05, 3.63) is 34.3 Å². The van der Waals surface area contributed by atoms with Gasteiger partial charge in [0, 0.05) is 21.5 Å². The number of carbonyl (C=O) groups is 1. The summed E-state index contributed by atoms with van der Waals surface area (Å²) < 4.78 is 0. The topological polar surface area (TPSA) is 57.5 Å². The highest BCUT2D eigenvalue weighted by Gasteiger charge is 2.20. The maximum atomic E-state index is 10.6. The van der Waals surface area contributed by atoms with Gasteiger partial charge >= 0.3 is 0 Å². The summed E-state index contributed by atoms with van der Waals surface area (Å²) in [6.45, 7) is 0. The molecule has 88 valence electrons. The van der Waals surface area contributed by atoms with E-state index in [9.17, 15) is 15.0 Å². The maximum Gasteiger partial charge on any atom is 0.150 e. The third-order valence-corrected chi connectivity index (χ3v) is 3.05. The zero-order chi connectivity index (χ0) is 12.1. The van der Waals surface area contributed by atoms with Gasteiger partial charge in [-0.05, 0) is 18.6 Å². The van der Waals surface area contributed by atoms with Gasteiger partial charge in [0.1, 0.15) is 12.4 Å². The Balaban J connectivity index is 2.97. The number of carbonyl (C=O) groups excluding carboxylic acids is 1. The van der Waals surface area contributed by atoms with Crippen LogP contribution in [0.1, 0.15) is 28.4 Å². The minimum Gasteiger partial charge on any atom is -0.390 e. The van der Waals surface area contributed by atoms with Crippen molar-refractivity contribution in [2.75, 3.05) is 5.33 Å². The molecule has 0 aromatic heterocycles. The van der Waals surface area contributed by atoms with Gasteiger partial charge in [-0.25, -0.2) is 0 Å². The van der Waals surface area contributed by atoms with Crippen molar-refractivity contribution >= 4 is 33.8 Å². The Labute approximate surface area is 107 Å². The number of hydrogen-bond donors (Lipinski definition) is 2. The van der Waals surface area contributed by atoms with Gasteiger partial charge in [-0.15, -0.1) is 0 Å². The van der Waals surface area contributed by atoms with Crippen LogP contribution in [0.25, 0.3) is 0 Å². The molecule has 1 rings (SSSR count). The molecule has 5 heteroatoms. The Morgan fingerprint density at radius 3 is 2.69 bits per heavy atom. The predicted octanol–water partition coefficient (Wildman–Crippen LogP) is 2.33. The molecule has 0 aliphatic carbocycles. The van der Waals surface area contributed by atoms with E-state index in [-0.39, 0.29) is 0 Å². The maximum absolute atomic E-state index is 10.6. The van der Waals surface area contributed by atoms with Crippen molar-refractivity contribution in [2.24, 2.45) is 0 Å². The van der Waals surface area contributed by atoms with Crippen molar-refractivity contribution < 1.29 is 15.0 Å². The lowest BCUT2D eigenvalue weighted by Gasteiger charge is -2.18. The van der Waals surface area contributed by atoms with Crippen molar-refractivity contribution in [2.45, 2.75) is 18.6 Å². The monoisotopic (exact) mass is 306 g/mol. The molecule has 2 unspecified atom stereocenters. The molecular weight excluding hydrogens is 295 g/mol. The molecule has 1 aromatic rings. The highest BCUT2D eigenvalue weighted by Crippen LogP contribution is 2.27. The summed E-state index contributed by atoms with van der Waals surface area (Å²) in [5.41, 5.74) is 0.796. The van der Waals surface area contributed by atoms with Crippen LogP contribution in [-0.2, 0) is 0 Å². The van der Waals surface area contributed by atoms with E-state index in [1.165, 1.54) is 12.1 Å². The first-order chi connectivity index (χ1) is 7.60. The van der Waals surface area contributed by atoms with Crippen molar-refractivity contribution in [3.63, 3.8) is 0 Å². The standard InChI is InChI=1S/C11H12BrClO3/c12-4-3-10(15)11(16)8-5-7(6-14)1-2-9(8)13/h1-2,5-6,10-11,15-16H,3-4H2. The van der Waals surface area contributed by atoms with E-state index in [2.05, 4.69) is 15.9 Å². The van der Waals surface area contributed by atoms with Gasteiger partial charge in [0.25, 0.3) is 0 Å². The fourth-order valence-corrected chi connectivity index (χ4v) is 2.04. The average molecular weight is 308 g/mol. The Bertz CT molecular complexity index is 370. The van der Waals surface area contributed by atoms with Crippen LogP contribution in [-0.4, -0.2) is 27.9 Å². The second-order valence-electron chi connectivity index (χ2n) is 3.39. The van der Waals surface area contributed by atoms with Crippen LogP contribution in [0, 0.1) is 0 Å². The Morgan fingerprint density at radius 2 is 2.12 bits per heavy atom. The van der Waals surface area contributed by atoms with E-state index in [1.54, 1.807) is 6.07 Å². The predicted molar refractivity (Wildman–Crippen MR) is 66.2 cm³/mol. The average Bonchev–Trinajstić information content (AvgIpc) is 2.29. The first-order valence-electron chi connectivity index (χ1n) is 4.77.